The Hall–Kier alpha value is -2.43. The number of nitrogens with zero attached hydrogens (tertiary/aromatic N) is 1. The Morgan fingerprint density at radius 1 is 1.24 bits per heavy atom. The molecule has 0 saturated carbocycles. The Labute approximate surface area is 196 Å². The fraction of sp³-hybridized carbons (Fsp3) is 0.583. The summed E-state index contributed by atoms with van der Waals surface area (Å²) in [5, 5.41) is 10.9. The summed E-state index contributed by atoms with van der Waals surface area (Å²) in [4.78, 5) is 26.5. The molecule has 2 aliphatic rings. The van der Waals surface area contributed by atoms with E-state index in [0.29, 0.717) is 0 Å². The van der Waals surface area contributed by atoms with Crippen molar-refractivity contribution in [2.75, 3.05) is 20.3 Å². The highest BCUT2D eigenvalue weighted by molar-refractivity contribution is 5.85. The van der Waals surface area contributed by atoms with Crippen LogP contribution in [0, 0.1) is 5.41 Å². The van der Waals surface area contributed by atoms with E-state index in [1.807, 2.05) is 6.07 Å². The summed E-state index contributed by atoms with van der Waals surface area (Å²) in [6.45, 7) is 2.93. The van der Waals surface area contributed by atoms with Gasteiger partial charge in [-0.05, 0) is 32.3 Å². The van der Waals surface area contributed by atoms with Gasteiger partial charge < -0.3 is 24.2 Å². The molecule has 0 spiro atoms. The lowest BCUT2D eigenvalue weighted by molar-refractivity contribution is -0.197. The zero-order valence-corrected chi connectivity index (χ0v) is 19.4. The molecular formula is C24H30F3NO6. The number of benzene rings is 1. The zero-order valence-electron chi connectivity index (χ0n) is 19.4. The largest absolute Gasteiger partial charge is 0.471 e. The molecule has 7 nitrogen and oxygen atoms in total. The average Bonchev–Trinajstić information content (AvgIpc) is 3.24. The van der Waals surface area contributed by atoms with E-state index >= 15 is 0 Å². The van der Waals surface area contributed by atoms with Crippen molar-refractivity contribution in [3.05, 3.63) is 48.0 Å². The Kier molecular flexibility index (Phi) is 7.74. The maximum absolute atomic E-state index is 13.6. The Morgan fingerprint density at radius 2 is 1.91 bits per heavy atom. The number of rotatable bonds is 7. The second-order valence-corrected chi connectivity index (χ2v) is 9.14. The molecule has 4 atom stereocenters. The van der Waals surface area contributed by atoms with E-state index in [1.165, 1.54) is 33.1 Å². The summed E-state index contributed by atoms with van der Waals surface area (Å²) < 4.78 is 56.9. The Bertz CT molecular complexity index is 898. The van der Waals surface area contributed by atoms with E-state index in [2.05, 4.69) is 0 Å². The second kappa shape index (κ2) is 10.1. The first-order valence-corrected chi connectivity index (χ1v) is 11.0. The van der Waals surface area contributed by atoms with E-state index in [0.717, 1.165) is 10.5 Å². The summed E-state index contributed by atoms with van der Waals surface area (Å²) in [5.41, 5.74) is -2.60. The standard InChI is InChI=1S/C24H30F3NO6/c1-22(2,31)23(21(30)34-14-16-7-5-4-6-8-16)11-9-17(13-23)28(20(29)24(25,26)27)18-10-12-33-15-19(18)32-3/h4-9,11,17-19,31H,10,12-15H2,1-3H3/t17-,18+,19-,23-/m1/s1. The van der Waals surface area contributed by atoms with Gasteiger partial charge in [0, 0.05) is 13.7 Å². The van der Waals surface area contributed by atoms with Crippen LogP contribution in [0.15, 0.2) is 42.5 Å². The van der Waals surface area contributed by atoms with Crippen LogP contribution >= 0.6 is 0 Å². The van der Waals surface area contributed by atoms with Gasteiger partial charge in [0.25, 0.3) is 0 Å². The fourth-order valence-corrected chi connectivity index (χ4v) is 4.58. The Morgan fingerprint density at radius 3 is 2.50 bits per heavy atom. The summed E-state index contributed by atoms with van der Waals surface area (Å²) in [7, 11) is 1.34. The van der Waals surface area contributed by atoms with Crippen molar-refractivity contribution in [1.29, 1.82) is 0 Å². The number of alkyl halides is 3. The number of halogens is 3. The molecule has 1 N–H and O–H groups in total. The first kappa shape index (κ1) is 26.2. The molecule has 1 fully saturated rings. The molecule has 1 aromatic carbocycles. The SMILES string of the molecule is CO[C@@H]1COCC[C@@H]1N(C(=O)C(F)(F)F)[C@@H]1C=C[C@@](C(=O)OCc2ccccc2)(C(C)(C)O)C1. The van der Waals surface area contributed by atoms with Gasteiger partial charge in [0.05, 0.1) is 24.3 Å². The molecule has 0 bridgehead atoms. The number of carbonyl (C=O) groups is 2. The van der Waals surface area contributed by atoms with Gasteiger partial charge in [-0.25, -0.2) is 0 Å². The third-order valence-corrected chi connectivity index (χ3v) is 6.57. The molecule has 0 aromatic heterocycles. The lowest BCUT2D eigenvalue weighted by Gasteiger charge is -2.44. The number of ether oxygens (including phenoxy) is 3. The molecule has 1 aliphatic carbocycles. The molecule has 1 amide bonds. The molecule has 1 saturated heterocycles. The molecular weight excluding hydrogens is 455 g/mol. The zero-order chi connectivity index (χ0) is 25.1. The maximum atomic E-state index is 13.6. The number of aliphatic hydroxyl groups is 1. The first-order valence-electron chi connectivity index (χ1n) is 11.0. The summed E-state index contributed by atoms with van der Waals surface area (Å²) >= 11 is 0. The maximum Gasteiger partial charge on any atom is 0.471 e. The molecule has 188 valence electrons. The van der Waals surface area contributed by atoms with E-state index < -0.39 is 47.3 Å². The van der Waals surface area contributed by atoms with Crippen LogP contribution < -0.4 is 0 Å². The highest BCUT2D eigenvalue weighted by atomic mass is 19.4. The van der Waals surface area contributed by atoms with Crippen molar-refractivity contribution in [2.24, 2.45) is 5.41 Å². The molecule has 3 rings (SSSR count). The average molecular weight is 485 g/mol. The van der Waals surface area contributed by atoms with Gasteiger partial charge in [-0.2, -0.15) is 13.2 Å². The van der Waals surface area contributed by atoms with Crippen LogP contribution in [-0.2, 0) is 30.4 Å². The van der Waals surface area contributed by atoms with Crippen molar-refractivity contribution in [3.63, 3.8) is 0 Å². The van der Waals surface area contributed by atoms with Gasteiger partial charge >= 0.3 is 18.1 Å². The van der Waals surface area contributed by atoms with Crippen LogP contribution in [0.2, 0.25) is 0 Å². The van der Waals surface area contributed by atoms with Gasteiger partial charge in [-0.15, -0.1) is 0 Å². The van der Waals surface area contributed by atoms with Gasteiger partial charge in [-0.3, -0.25) is 9.59 Å². The van der Waals surface area contributed by atoms with Crippen molar-refractivity contribution in [2.45, 2.75) is 63.3 Å². The van der Waals surface area contributed by atoms with Crippen molar-refractivity contribution in [1.82, 2.24) is 4.90 Å². The van der Waals surface area contributed by atoms with Crippen LogP contribution in [0.4, 0.5) is 13.2 Å². The van der Waals surface area contributed by atoms with Gasteiger partial charge in [0.15, 0.2) is 0 Å². The molecule has 34 heavy (non-hydrogen) atoms. The van der Waals surface area contributed by atoms with Gasteiger partial charge in [-0.1, -0.05) is 42.5 Å². The number of carbonyl (C=O) groups excluding carboxylic acids is 2. The number of hydrogen-bond acceptors (Lipinski definition) is 6. The predicted octanol–water partition coefficient (Wildman–Crippen LogP) is 3.01. The number of methoxy groups -OCH3 is 1. The van der Waals surface area contributed by atoms with Crippen molar-refractivity contribution < 1.29 is 42.1 Å². The Balaban J connectivity index is 1.90. The quantitative estimate of drug-likeness (QED) is 0.472. The smallest absolute Gasteiger partial charge is 0.460 e. The van der Waals surface area contributed by atoms with Gasteiger partial charge in [0.2, 0.25) is 0 Å². The number of hydrogen-bond donors (Lipinski definition) is 1. The highest BCUT2D eigenvalue weighted by Crippen LogP contribution is 2.46. The molecule has 10 heteroatoms. The second-order valence-electron chi connectivity index (χ2n) is 9.14. The van der Waals surface area contributed by atoms with Gasteiger partial charge in [0.1, 0.15) is 18.1 Å². The van der Waals surface area contributed by atoms with Crippen molar-refractivity contribution in [3.8, 4) is 0 Å². The topological polar surface area (TPSA) is 85.3 Å². The monoisotopic (exact) mass is 485 g/mol. The first-order chi connectivity index (χ1) is 15.9. The van der Waals surface area contributed by atoms with Crippen LogP contribution in [0.3, 0.4) is 0 Å². The van der Waals surface area contributed by atoms with Crippen LogP contribution in [0.25, 0.3) is 0 Å². The normalized spacial score (nSPS) is 27.4. The van der Waals surface area contributed by atoms with E-state index in [1.54, 1.807) is 24.3 Å². The van der Waals surface area contributed by atoms with Crippen LogP contribution in [0.1, 0.15) is 32.3 Å². The van der Waals surface area contributed by atoms with Crippen molar-refractivity contribution >= 4 is 11.9 Å². The lowest BCUT2D eigenvalue weighted by Crippen LogP contribution is -2.59. The number of esters is 1. The summed E-state index contributed by atoms with van der Waals surface area (Å²) in [6.07, 6.45) is -3.29. The molecule has 0 radical (unpaired) electrons. The van der Waals surface area contributed by atoms with Crippen LogP contribution in [0.5, 0.6) is 0 Å². The fourth-order valence-electron chi connectivity index (χ4n) is 4.58. The van der Waals surface area contributed by atoms with E-state index in [4.69, 9.17) is 14.2 Å². The minimum Gasteiger partial charge on any atom is -0.460 e. The lowest BCUT2D eigenvalue weighted by atomic mass is 9.72. The molecule has 1 aromatic rings. The van der Waals surface area contributed by atoms with Crippen LogP contribution in [-0.4, -0.2) is 72.2 Å². The summed E-state index contributed by atoms with van der Waals surface area (Å²) in [5.74, 6) is -2.81. The third-order valence-electron chi connectivity index (χ3n) is 6.57. The molecule has 1 aliphatic heterocycles. The summed E-state index contributed by atoms with van der Waals surface area (Å²) in [6, 6.07) is 6.87. The minimum absolute atomic E-state index is 0.0367. The minimum atomic E-state index is -5.13. The molecule has 1 heterocycles. The third kappa shape index (κ3) is 5.29. The van der Waals surface area contributed by atoms with E-state index in [9.17, 15) is 27.9 Å². The predicted molar refractivity (Wildman–Crippen MR) is 115 cm³/mol. The number of amides is 1. The van der Waals surface area contributed by atoms with E-state index in [-0.39, 0.29) is 32.7 Å². The highest BCUT2D eigenvalue weighted by Gasteiger charge is 2.57. The molecule has 0 unspecified atom stereocenters.